The molecule has 0 amide bonds. The van der Waals surface area contributed by atoms with Crippen molar-refractivity contribution in [2.75, 3.05) is 51.0 Å². The lowest BCUT2D eigenvalue weighted by Crippen LogP contribution is -2.33. The molecule has 1 aromatic heterocycles. The summed E-state index contributed by atoms with van der Waals surface area (Å²) in [5.41, 5.74) is 0.175. The van der Waals surface area contributed by atoms with Gasteiger partial charge < -0.3 is 25.0 Å². The van der Waals surface area contributed by atoms with Crippen LogP contribution < -0.4 is 20.1 Å². The molecule has 1 aliphatic rings. The molecule has 1 fully saturated rings. The molecule has 0 aliphatic carbocycles. The van der Waals surface area contributed by atoms with Gasteiger partial charge in [0.1, 0.15) is 17.8 Å². The molecule has 10 nitrogen and oxygen atoms in total. The van der Waals surface area contributed by atoms with Gasteiger partial charge in [-0.05, 0) is 32.0 Å². The third-order valence-corrected chi connectivity index (χ3v) is 5.20. The van der Waals surface area contributed by atoms with E-state index in [-0.39, 0.29) is 17.3 Å². The lowest BCUT2D eigenvalue weighted by molar-refractivity contribution is -0.383. The zero-order valence-corrected chi connectivity index (χ0v) is 17.7. The molecule has 1 aliphatic heterocycles. The number of ether oxygens (including phenoxy) is 2. The molecule has 2 aromatic rings. The first-order valence-corrected chi connectivity index (χ1v) is 10.1. The first-order chi connectivity index (χ1) is 14.5. The van der Waals surface area contributed by atoms with Crippen LogP contribution in [-0.4, -0.2) is 60.2 Å². The number of rotatable bonds is 9. The Morgan fingerprint density at radius 2 is 1.83 bits per heavy atom. The minimum absolute atomic E-state index is 0.0370. The molecule has 1 saturated heterocycles. The molecule has 3 rings (SSSR count). The third kappa shape index (κ3) is 5.19. The molecule has 2 N–H and O–H groups in total. The third-order valence-electron chi connectivity index (χ3n) is 4.90. The number of nitro groups is 1. The van der Waals surface area contributed by atoms with Crippen molar-refractivity contribution in [3.05, 3.63) is 33.6 Å². The number of benzene rings is 1. The molecule has 0 spiro atoms. The predicted molar refractivity (Wildman–Crippen MR) is 115 cm³/mol. The average Bonchev–Trinajstić information content (AvgIpc) is 2.74. The van der Waals surface area contributed by atoms with Gasteiger partial charge >= 0.3 is 5.69 Å². The van der Waals surface area contributed by atoms with E-state index in [1.54, 1.807) is 12.1 Å². The average molecular weight is 437 g/mol. The molecule has 30 heavy (non-hydrogen) atoms. The van der Waals surface area contributed by atoms with E-state index < -0.39 is 4.92 Å². The largest absolute Gasteiger partial charge is 0.495 e. The second-order valence-electron chi connectivity index (χ2n) is 6.82. The highest BCUT2D eigenvalue weighted by molar-refractivity contribution is 6.32. The lowest BCUT2D eigenvalue weighted by Gasteiger charge is -2.26. The molecule has 0 atom stereocenters. The highest BCUT2D eigenvalue weighted by Crippen LogP contribution is 2.39. The summed E-state index contributed by atoms with van der Waals surface area (Å²) in [6.07, 6.45) is 4.91. The number of methoxy groups -OCH3 is 2. The number of nitrogens with zero attached hydrogens (tertiary/aromatic N) is 4. The second-order valence-corrected chi connectivity index (χ2v) is 7.22. The molecular weight excluding hydrogens is 412 g/mol. The van der Waals surface area contributed by atoms with Gasteiger partial charge in [0.05, 0.1) is 29.9 Å². The van der Waals surface area contributed by atoms with Gasteiger partial charge in [-0.25, -0.2) is 9.97 Å². The maximum Gasteiger partial charge on any atom is 0.353 e. The summed E-state index contributed by atoms with van der Waals surface area (Å²) >= 11 is 6.20. The van der Waals surface area contributed by atoms with Crippen molar-refractivity contribution in [3.8, 4) is 11.5 Å². The number of anilines is 3. The number of nitrogens with one attached hydrogen (secondary N) is 2. The fraction of sp³-hybridized carbons (Fsp3) is 0.474. The zero-order chi connectivity index (χ0) is 21.5. The fourth-order valence-corrected chi connectivity index (χ4v) is 3.61. The minimum Gasteiger partial charge on any atom is -0.495 e. The Labute approximate surface area is 179 Å². The smallest absolute Gasteiger partial charge is 0.353 e. The van der Waals surface area contributed by atoms with Gasteiger partial charge in [-0.2, -0.15) is 0 Å². The predicted octanol–water partition coefficient (Wildman–Crippen LogP) is 3.70. The molecule has 1 aromatic carbocycles. The Morgan fingerprint density at radius 1 is 1.13 bits per heavy atom. The highest BCUT2D eigenvalue weighted by atomic mass is 35.5. The van der Waals surface area contributed by atoms with Crippen molar-refractivity contribution in [2.24, 2.45) is 0 Å². The van der Waals surface area contributed by atoms with Crippen LogP contribution in [0.2, 0.25) is 5.02 Å². The van der Waals surface area contributed by atoms with Crippen LogP contribution in [0.3, 0.4) is 0 Å². The summed E-state index contributed by atoms with van der Waals surface area (Å²) < 4.78 is 10.5. The van der Waals surface area contributed by atoms with Gasteiger partial charge in [0.25, 0.3) is 0 Å². The summed E-state index contributed by atoms with van der Waals surface area (Å²) in [4.78, 5) is 21.7. The van der Waals surface area contributed by atoms with E-state index in [2.05, 4.69) is 25.5 Å². The fourth-order valence-electron chi connectivity index (χ4n) is 3.37. The van der Waals surface area contributed by atoms with Crippen LogP contribution in [0.15, 0.2) is 18.5 Å². The number of likely N-dealkylation sites (tertiary alicyclic amines) is 1. The van der Waals surface area contributed by atoms with E-state index in [1.807, 2.05) is 0 Å². The SMILES string of the molecule is COc1cc(OC)c(Nc2ncnc(NCCN3CCCCC3)c2[N+](=O)[O-])cc1Cl. The summed E-state index contributed by atoms with van der Waals surface area (Å²) in [6, 6.07) is 3.16. The molecule has 0 saturated carbocycles. The number of hydrogen-bond acceptors (Lipinski definition) is 9. The Morgan fingerprint density at radius 3 is 2.50 bits per heavy atom. The maximum absolute atomic E-state index is 11.8. The second kappa shape index (κ2) is 10.3. The van der Waals surface area contributed by atoms with Crippen LogP contribution in [0.1, 0.15) is 19.3 Å². The van der Waals surface area contributed by atoms with E-state index in [9.17, 15) is 10.1 Å². The lowest BCUT2D eigenvalue weighted by atomic mass is 10.1. The van der Waals surface area contributed by atoms with E-state index in [0.29, 0.717) is 28.8 Å². The number of piperidine rings is 1. The zero-order valence-electron chi connectivity index (χ0n) is 17.0. The van der Waals surface area contributed by atoms with Crippen LogP contribution in [0.4, 0.5) is 23.0 Å². The van der Waals surface area contributed by atoms with E-state index in [4.69, 9.17) is 21.1 Å². The van der Waals surface area contributed by atoms with Crippen molar-refractivity contribution >= 4 is 34.6 Å². The summed E-state index contributed by atoms with van der Waals surface area (Å²) in [7, 11) is 2.97. The Bertz CT molecular complexity index is 892. The normalized spacial score (nSPS) is 14.2. The molecule has 0 bridgehead atoms. The van der Waals surface area contributed by atoms with Gasteiger partial charge in [-0.15, -0.1) is 0 Å². The van der Waals surface area contributed by atoms with Crippen LogP contribution >= 0.6 is 11.6 Å². The molecule has 0 unspecified atom stereocenters. The summed E-state index contributed by atoms with van der Waals surface area (Å²) in [6.45, 7) is 3.46. The quantitative estimate of drug-likeness (QED) is 0.448. The van der Waals surface area contributed by atoms with Crippen LogP contribution in [-0.2, 0) is 0 Å². The van der Waals surface area contributed by atoms with Crippen molar-refractivity contribution in [1.82, 2.24) is 14.9 Å². The van der Waals surface area contributed by atoms with Gasteiger partial charge in [0.15, 0.2) is 0 Å². The standard InChI is InChI=1S/C19H25ClN6O4/c1-29-15-11-16(30-2)14(10-13(15)20)24-19-17(26(27)28)18(22-12-23-19)21-6-9-25-7-4-3-5-8-25/h10-12H,3-9H2,1-2H3,(H2,21,22,23,24). The topological polar surface area (TPSA) is 115 Å². The van der Waals surface area contributed by atoms with Gasteiger partial charge in [0, 0.05) is 19.2 Å². The highest BCUT2D eigenvalue weighted by Gasteiger charge is 2.24. The first kappa shape index (κ1) is 21.8. The van der Waals surface area contributed by atoms with Gasteiger partial charge in [0.2, 0.25) is 11.6 Å². The Balaban J connectivity index is 1.81. The van der Waals surface area contributed by atoms with Crippen molar-refractivity contribution in [3.63, 3.8) is 0 Å². The molecular formula is C19H25ClN6O4. The Hall–Kier alpha value is -2.85. The molecule has 2 heterocycles. The summed E-state index contributed by atoms with van der Waals surface area (Å²) in [5.74, 6) is 1.03. The van der Waals surface area contributed by atoms with Gasteiger partial charge in [-0.1, -0.05) is 18.0 Å². The van der Waals surface area contributed by atoms with Crippen LogP contribution in [0.25, 0.3) is 0 Å². The van der Waals surface area contributed by atoms with Crippen LogP contribution in [0, 0.1) is 10.1 Å². The number of hydrogen-bond donors (Lipinski definition) is 2. The van der Waals surface area contributed by atoms with Crippen molar-refractivity contribution in [1.29, 1.82) is 0 Å². The molecule has 0 radical (unpaired) electrons. The monoisotopic (exact) mass is 436 g/mol. The summed E-state index contributed by atoms with van der Waals surface area (Å²) in [5, 5.41) is 18.1. The van der Waals surface area contributed by atoms with Crippen molar-refractivity contribution < 1.29 is 14.4 Å². The number of aromatic nitrogens is 2. The van der Waals surface area contributed by atoms with Gasteiger partial charge in [-0.3, -0.25) is 10.1 Å². The Kier molecular flexibility index (Phi) is 7.47. The van der Waals surface area contributed by atoms with E-state index in [1.165, 1.54) is 39.8 Å². The molecule has 162 valence electrons. The minimum atomic E-state index is -0.511. The van der Waals surface area contributed by atoms with E-state index in [0.717, 1.165) is 19.6 Å². The number of halogens is 1. The van der Waals surface area contributed by atoms with Crippen LogP contribution in [0.5, 0.6) is 11.5 Å². The molecule has 11 heteroatoms. The first-order valence-electron chi connectivity index (χ1n) is 9.67. The van der Waals surface area contributed by atoms with Crippen molar-refractivity contribution in [2.45, 2.75) is 19.3 Å². The maximum atomic E-state index is 11.8. The van der Waals surface area contributed by atoms with E-state index >= 15 is 0 Å².